The van der Waals surface area contributed by atoms with Crippen LogP contribution in [0.2, 0.25) is 0 Å². The molecule has 3 heterocycles. The Morgan fingerprint density at radius 2 is 1.63 bits per heavy atom. The van der Waals surface area contributed by atoms with E-state index in [1.165, 1.54) is 4.90 Å². The molecule has 152 valence electrons. The van der Waals surface area contributed by atoms with Gasteiger partial charge in [-0.2, -0.15) is 0 Å². The Hall–Kier alpha value is -3.05. The maximum atomic E-state index is 13.4. The highest BCUT2D eigenvalue weighted by molar-refractivity contribution is 6.24. The Labute approximate surface area is 176 Å². The molecule has 2 fully saturated rings. The van der Waals surface area contributed by atoms with Gasteiger partial charge in [0.05, 0.1) is 23.6 Å². The third kappa shape index (κ3) is 2.76. The molecule has 2 amide bonds. The second-order valence-electron chi connectivity index (χ2n) is 8.44. The summed E-state index contributed by atoms with van der Waals surface area (Å²) in [7, 11) is 0. The van der Waals surface area contributed by atoms with Gasteiger partial charge in [0.1, 0.15) is 0 Å². The number of ketones is 1. The number of imide groups is 1. The van der Waals surface area contributed by atoms with Crippen molar-refractivity contribution in [3.8, 4) is 0 Å². The topological polar surface area (TPSA) is 57.7 Å². The summed E-state index contributed by atoms with van der Waals surface area (Å²) >= 11 is 0. The maximum absolute atomic E-state index is 13.4. The predicted octanol–water partition coefficient (Wildman–Crippen LogP) is 3.05. The zero-order valence-corrected chi connectivity index (χ0v) is 17.1. The van der Waals surface area contributed by atoms with Crippen LogP contribution in [0.5, 0.6) is 0 Å². The molecule has 5 nitrogen and oxygen atoms in total. The van der Waals surface area contributed by atoms with Crippen molar-refractivity contribution in [2.75, 3.05) is 4.90 Å². The third-order valence-electron chi connectivity index (χ3n) is 6.65. The molecule has 3 aliphatic heterocycles. The van der Waals surface area contributed by atoms with Crippen LogP contribution in [0, 0.1) is 18.8 Å². The number of nitrogens with zero attached hydrogens (tertiary/aromatic N) is 2. The number of fused-ring (bicyclic) bond motifs is 5. The standard InChI is InChI=1S/C25H24N2O3/c1-3-16-7-9-18(10-8-16)27-24(29)21-19-11-12-20(28)23(22(21)25(27)30)26(19)14-17-6-4-5-15(2)13-17/h4-13,19,21-23H,3,14H2,1-2H3/t19?,21-,22?,23?/m0/s1. The Bertz CT molecular complexity index is 1070. The van der Waals surface area contributed by atoms with Gasteiger partial charge in [-0.15, -0.1) is 0 Å². The first-order valence-electron chi connectivity index (χ1n) is 10.5. The Morgan fingerprint density at radius 1 is 0.900 bits per heavy atom. The molecule has 30 heavy (non-hydrogen) atoms. The van der Waals surface area contributed by atoms with Gasteiger partial charge in [-0.25, -0.2) is 4.90 Å². The van der Waals surface area contributed by atoms with Crippen molar-refractivity contribution in [3.05, 3.63) is 77.4 Å². The lowest BCUT2D eigenvalue weighted by Crippen LogP contribution is -2.48. The second kappa shape index (κ2) is 7.03. The van der Waals surface area contributed by atoms with Gasteiger partial charge in [0.15, 0.2) is 5.78 Å². The number of rotatable bonds is 4. The van der Waals surface area contributed by atoms with Crippen LogP contribution in [0.15, 0.2) is 60.7 Å². The van der Waals surface area contributed by atoms with E-state index in [0.29, 0.717) is 12.2 Å². The van der Waals surface area contributed by atoms with E-state index < -0.39 is 17.9 Å². The molecule has 0 saturated carbocycles. The highest BCUT2D eigenvalue weighted by Crippen LogP contribution is 2.47. The highest BCUT2D eigenvalue weighted by Gasteiger charge is 2.64. The molecule has 3 aliphatic rings. The number of hydrogen-bond donors (Lipinski definition) is 0. The average molecular weight is 400 g/mol. The van der Waals surface area contributed by atoms with Gasteiger partial charge in [0, 0.05) is 12.6 Å². The number of amides is 2. The average Bonchev–Trinajstić information content (AvgIpc) is 3.12. The minimum atomic E-state index is -0.624. The van der Waals surface area contributed by atoms with Crippen LogP contribution in [0.25, 0.3) is 0 Å². The molecule has 5 heteroatoms. The smallest absolute Gasteiger partial charge is 0.239 e. The SMILES string of the molecule is CCc1ccc(N2C(=O)C3C4C(=O)C=CC([C@@H]3C2=O)N4Cc2cccc(C)c2)cc1. The fraction of sp³-hybridized carbons (Fsp3) is 0.320. The van der Waals surface area contributed by atoms with Gasteiger partial charge >= 0.3 is 0 Å². The van der Waals surface area contributed by atoms with Crippen molar-refractivity contribution < 1.29 is 14.4 Å². The quantitative estimate of drug-likeness (QED) is 0.741. The number of carbonyl (C=O) groups is 3. The minimum Gasteiger partial charge on any atom is -0.293 e. The van der Waals surface area contributed by atoms with Crippen molar-refractivity contribution >= 4 is 23.3 Å². The molecule has 2 aromatic rings. The van der Waals surface area contributed by atoms with Crippen LogP contribution < -0.4 is 4.90 Å². The molecule has 4 atom stereocenters. The molecule has 0 aliphatic carbocycles. The second-order valence-corrected chi connectivity index (χ2v) is 8.44. The van der Waals surface area contributed by atoms with Crippen LogP contribution in [0.1, 0.15) is 23.6 Å². The number of anilines is 1. The van der Waals surface area contributed by atoms with E-state index in [4.69, 9.17) is 0 Å². The number of carbonyl (C=O) groups excluding carboxylic acids is 3. The van der Waals surface area contributed by atoms with Gasteiger partial charge in [-0.1, -0.05) is 55.0 Å². The number of aryl methyl sites for hydroxylation is 2. The summed E-state index contributed by atoms with van der Waals surface area (Å²) < 4.78 is 0. The molecule has 0 N–H and O–H groups in total. The van der Waals surface area contributed by atoms with E-state index in [1.807, 2.05) is 60.4 Å². The van der Waals surface area contributed by atoms with E-state index in [1.54, 1.807) is 6.08 Å². The Balaban J connectivity index is 1.49. The summed E-state index contributed by atoms with van der Waals surface area (Å²) in [4.78, 5) is 42.9. The molecule has 2 bridgehead atoms. The van der Waals surface area contributed by atoms with E-state index in [0.717, 1.165) is 23.1 Å². The molecule has 5 rings (SSSR count). The lowest BCUT2D eigenvalue weighted by molar-refractivity contribution is -0.129. The monoisotopic (exact) mass is 400 g/mol. The number of hydrogen-bond acceptors (Lipinski definition) is 4. The van der Waals surface area contributed by atoms with Crippen molar-refractivity contribution in [1.82, 2.24) is 4.90 Å². The summed E-state index contributed by atoms with van der Waals surface area (Å²) in [5.74, 6) is -1.68. The maximum Gasteiger partial charge on any atom is 0.239 e. The van der Waals surface area contributed by atoms with Crippen molar-refractivity contribution in [2.24, 2.45) is 11.8 Å². The zero-order chi connectivity index (χ0) is 21.0. The van der Waals surface area contributed by atoms with Gasteiger partial charge in [0.25, 0.3) is 0 Å². The first-order valence-corrected chi connectivity index (χ1v) is 10.5. The summed E-state index contributed by atoms with van der Waals surface area (Å²) in [5, 5.41) is 0. The fourth-order valence-corrected chi connectivity index (χ4v) is 5.22. The fourth-order valence-electron chi connectivity index (χ4n) is 5.22. The van der Waals surface area contributed by atoms with Gasteiger partial charge < -0.3 is 0 Å². The van der Waals surface area contributed by atoms with Crippen LogP contribution in [-0.2, 0) is 27.3 Å². The van der Waals surface area contributed by atoms with Crippen LogP contribution in [0.4, 0.5) is 5.69 Å². The molecular formula is C25H24N2O3. The van der Waals surface area contributed by atoms with E-state index in [9.17, 15) is 14.4 Å². The van der Waals surface area contributed by atoms with Crippen molar-refractivity contribution in [3.63, 3.8) is 0 Å². The molecule has 0 aromatic heterocycles. The zero-order valence-electron chi connectivity index (χ0n) is 17.1. The summed E-state index contributed by atoms with van der Waals surface area (Å²) in [6.45, 7) is 4.64. The Kier molecular flexibility index (Phi) is 4.44. The van der Waals surface area contributed by atoms with Crippen LogP contribution >= 0.6 is 0 Å². The summed E-state index contributed by atoms with van der Waals surface area (Å²) in [6.07, 6.45) is 4.26. The first-order chi connectivity index (χ1) is 14.5. The van der Waals surface area contributed by atoms with Gasteiger partial charge in [-0.3, -0.25) is 19.3 Å². The summed E-state index contributed by atoms with van der Waals surface area (Å²) in [5.41, 5.74) is 3.97. The van der Waals surface area contributed by atoms with Crippen LogP contribution in [0.3, 0.4) is 0 Å². The minimum absolute atomic E-state index is 0.0873. The predicted molar refractivity (Wildman–Crippen MR) is 114 cm³/mol. The molecular weight excluding hydrogens is 376 g/mol. The molecule has 2 aromatic carbocycles. The van der Waals surface area contributed by atoms with Gasteiger partial charge in [0.2, 0.25) is 11.8 Å². The largest absolute Gasteiger partial charge is 0.293 e. The molecule has 0 radical (unpaired) electrons. The molecule has 2 saturated heterocycles. The van der Waals surface area contributed by atoms with Crippen molar-refractivity contribution in [2.45, 2.75) is 38.9 Å². The third-order valence-corrected chi connectivity index (χ3v) is 6.65. The Morgan fingerprint density at radius 3 is 2.33 bits per heavy atom. The van der Waals surface area contributed by atoms with E-state index in [2.05, 4.69) is 13.0 Å². The van der Waals surface area contributed by atoms with E-state index in [-0.39, 0.29) is 23.6 Å². The summed E-state index contributed by atoms with van der Waals surface area (Å²) in [6, 6.07) is 14.9. The van der Waals surface area contributed by atoms with Crippen molar-refractivity contribution in [1.29, 1.82) is 0 Å². The lowest BCUT2D eigenvalue weighted by atomic mass is 9.90. The molecule has 0 spiro atoms. The normalized spacial score (nSPS) is 27.8. The highest BCUT2D eigenvalue weighted by atomic mass is 16.2. The number of benzene rings is 2. The lowest BCUT2D eigenvalue weighted by Gasteiger charge is -2.33. The van der Waals surface area contributed by atoms with E-state index >= 15 is 0 Å². The molecule has 3 unspecified atom stereocenters. The van der Waals surface area contributed by atoms with Gasteiger partial charge in [-0.05, 0) is 42.7 Å². The first kappa shape index (κ1) is 18.9. The van der Waals surface area contributed by atoms with Crippen LogP contribution in [-0.4, -0.2) is 34.6 Å².